The van der Waals surface area contributed by atoms with Crippen LogP contribution in [0.2, 0.25) is 0 Å². The first-order valence-corrected chi connectivity index (χ1v) is 7.60. The summed E-state index contributed by atoms with van der Waals surface area (Å²) in [6.45, 7) is 11.4. The van der Waals surface area contributed by atoms with Crippen LogP contribution in [0.5, 0.6) is 0 Å². The SMILES string of the molecule is C#CC(CCC)N1CCC(NCCC)C(C)C1C. The molecule has 0 aromatic heterocycles. The van der Waals surface area contributed by atoms with Crippen LogP contribution in [-0.2, 0) is 0 Å². The summed E-state index contributed by atoms with van der Waals surface area (Å²) < 4.78 is 0. The standard InChI is InChI=1S/C16H30N2/c1-6-9-15(8-3)18-12-10-16(17-11-7-2)13(4)14(18)5/h3,13-17H,6-7,9-12H2,1-2,4-5H3. The number of terminal acetylenes is 1. The Bertz CT molecular complexity index is 269. The lowest BCUT2D eigenvalue weighted by Crippen LogP contribution is -2.56. The van der Waals surface area contributed by atoms with Crippen molar-refractivity contribution in [2.24, 2.45) is 5.92 Å². The molecule has 0 saturated carbocycles. The Morgan fingerprint density at radius 1 is 1.33 bits per heavy atom. The summed E-state index contributed by atoms with van der Waals surface area (Å²) in [7, 11) is 0. The maximum atomic E-state index is 5.70. The highest BCUT2D eigenvalue weighted by Crippen LogP contribution is 2.26. The third-order valence-electron chi connectivity index (χ3n) is 4.43. The lowest BCUT2D eigenvalue weighted by molar-refractivity contribution is 0.0625. The molecule has 0 radical (unpaired) electrons. The maximum absolute atomic E-state index is 5.70. The molecule has 1 heterocycles. The van der Waals surface area contributed by atoms with Gasteiger partial charge in [0.2, 0.25) is 0 Å². The van der Waals surface area contributed by atoms with E-state index in [-0.39, 0.29) is 0 Å². The van der Waals surface area contributed by atoms with Gasteiger partial charge in [0.05, 0.1) is 6.04 Å². The fourth-order valence-electron chi connectivity index (χ4n) is 3.07. The lowest BCUT2D eigenvalue weighted by Gasteiger charge is -2.45. The number of likely N-dealkylation sites (tertiary alicyclic amines) is 1. The van der Waals surface area contributed by atoms with E-state index in [0.29, 0.717) is 24.0 Å². The molecule has 1 fully saturated rings. The second-order valence-electron chi connectivity index (χ2n) is 5.66. The van der Waals surface area contributed by atoms with Crippen LogP contribution in [0.25, 0.3) is 0 Å². The third kappa shape index (κ3) is 3.73. The van der Waals surface area contributed by atoms with Gasteiger partial charge in [0, 0.05) is 18.6 Å². The maximum Gasteiger partial charge on any atom is 0.0714 e. The van der Waals surface area contributed by atoms with E-state index in [9.17, 15) is 0 Å². The Morgan fingerprint density at radius 3 is 2.61 bits per heavy atom. The van der Waals surface area contributed by atoms with Gasteiger partial charge in [-0.3, -0.25) is 4.90 Å². The van der Waals surface area contributed by atoms with Gasteiger partial charge in [0.25, 0.3) is 0 Å². The van der Waals surface area contributed by atoms with Gasteiger partial charge in [-0.05, 0) is 38.6 Å². The van der Waals surface area contributed by atoms with Crippen LogP contribution in [0, 0.1) is 18.3 Å². The first kappa shape index (κ1) is 15.5. The third-order valence-corrected chi connectivity index (χ3v) is 4.43. The number of nitrogens with zero attached hydrogens (tertiary/aromatic N) is 1. The zero-order chi connectivity index (χ0) is 13.5. The van der Waals surface area contributed by atoms with Crippen LogP contribution >= 0.6 is 0 Å². The van der Waals surface area contributed by atoms with Crippen molar-refractivity contribution in [3.8, 4) is 12.3 Å². The van der Waals surface area contributed by atoms with Gasteiger partial charge in [-0.1, -0.05) is 33.1 Å². The van der Waals surface area contributed by atoms with E-state index in [2.05, 4.69) is 43.8 Å². The molecule has 4 atom stereocenters. The van der Waals surface area contributed by atoms with Gasteiger partial charge in [-0.15, -0.1) is 6.42 Å². The zero-order valence-electron chi connectivity index (χ0n) is 12.6. The fraction of sp³-hybridized carbons (Fsp3) is 0.875. The highest BCUT2D eigenvalue weighted by molar-refractivity contribution is 5.03. The fourth-order valence-corrected chi connectivity index (χ4v) is 3.07. The molecule has 0 bridgehead atoms. The number of rotatable bonds is 6. The minimum absolute atomic E-state index is 0.333. The van der Waals surface area contributed by atoms with Crippen LogP contribution in [0.1, 0.15) is 53.4 Å². The van der Waals surface area contributed by atoms with E-state index in [1.165, 1.54) is 19.3 Å². The summed E-state index contributed by atoms with van der Waals surface area (Å²) in [6, 6.07) is 1.58. The molecule has 104 valence electrons. The summed E-state index contributed by atoms with van der Waals surface area (Å²) in [5.41, 5.74) is 0. The molecule has 0 aliphatic carbocycles. The van der Waals surface area contributed by atoms with Crippen LogP contribution < -0.4 is 5.32 Å². The molecule has 1 N–H and O–H groups in total. The van der Waals surface area contributed by atoms with Crippen molar-refractivity contribution in [3.05, 3.63) is 0 Å². The molecule has 1 rings (SSSR count). The van der Waals surface area contributed by atoms with Gasteiger partial charge in [-0.25, -0.2) is 0 Å². The molecule has 1 aliphatic heterocycles. The minimum Gasteiger partial charge on any atom is -0.314 e. The monoisotopic (exact) mass is 250 g/mol. The van der Waals surface area contributed by atoms with E-state index in [1.807, 2.05) is 0 Å². The molecule has 1 saturated heterocycles. The van der Waals surface area contributed by atoms with Gasteiger partial charge >= 0.3 is 0 Å². The van der Waals surface area contributed by atoms with Gasteiger partial charge in [-0.2, -0.15) is 0 Å². The molecule has 0 amide bonds. The van der Waals surface area contributed by atoms with E-state index >= 15 is 0 Å². The van der Waals surface area contributed by atoms with Crippen LogP contribution in [-0.4, -0.2) is 36.1 Å². The van der Waals surface area contributed by atoms with E-state index in [1.54, 1.807) is 0 Å². The number of nitrogens with one attached hydrogen (secondary N) is 1. The Labute approximate surface area is 114 Å². The Morgan fingerprint density at radius 2 is 2.06 bits per heavy atom. The van der Waals surface area contributed by atoms with Crippen molar-refractivity contribution in [2.45, 2.75) is 71.5 Å². The number of hydrogen-bond donors (Lipinski definition) is 1. The normalized spacial score (nSPS) is 30.9. The second-order valence-corrected chi connectivity index (χ2v) is 5.66. The summed E-state index contributed by atoms with van der Waals surface area (Å²) in [6.07, 6.45) is 10.4. The van der Waals surface area contributed by atoms with E-state index in [0.717, 1.165) is 19.5 Å². The molecular formula is C16H30N2. The summed E-state index contributed by atoms with van der Waals surface area (Å²) in [5, 5.41) is 3.68. The lowest BCUT2D eigenvalue weighted by atomic mass is 9.85. The van der Waals surface area contributed by atoms with E-state index < -0.39 is 0 Å². The molecule has 2 heteroatoms. The second kappa shape index (κ2) is 7.81. The topological polar surface area (TPSA) is 15.3 Å². The van der Waals surface area contributed by atoms with Gasteiger partial charge < -0.3 is 5.32 Å². The highest BCUT2D eigenvalue weighted by atomic mass is 15.2. The zero-order valence-corrected chi connectivity index (χ0v) is 12.6. The first-order chi connectivity index (χ1) is 8.65. The molecule has 0 spiro atoms. The van der Waals surface area contributed by atoms with Crippen LogP contribution in [0.4, 0.5) is 0 Å². The quantitative estimate of drug-likeness (QED) is 0.729. The number of piperidine rings is 1. The van der Waals surface area contributed by atoms with Crippen molar-refractivity contribution >= 4 is 0 Å². The highest BCUT2D eigenvalue weighted by Gasteiger charge is 2.34. The Hall–Kier alpha value is -0.520. The Kier molecular flexibility index (Phi) is 6.75. The smallest absolute Gasteiger partial charge is 0.0714 e. The van der Waals surface area contributed by atoms with Gasteiger partial charge in [0.15, 0.2) is 0 Å². The minimum atomic E-state index is 0.333. The molecule has 4 unspecified atom stereocenters. The summed E-state index contributed by atoms with van der Waals surface area (Å²) in [4.78, 5) is 2.54. The van der Waals surface area contributed by atoms with Crippen molar-refractivity contribution in [1.82, 2.24) is 10.2 Å². The molecule has 0 aromatic rings. The average Bonchev–Trinajstić information content (AvgIpc) is 2.38. The predicted octanol–water partition coefficient (Wildman–Crippen LogP) is 2.89. The van der Waals surface area contributed by atoms with Crippen molar-refractivity contribution in [2.75, 3.05) is 13.1 Å². The largest absolute Gasteiger partial charge is 0.314 e. The summed E-state index contributed by atoms with van der Waals surface area (Å²) >= 11 is 0. The van der Waals surface area contributed by atoms with Gasteiger partial charge in [0.1, 0.15) is 0 Å². The molecule has 18 heavy (non-hydrogen) atoms. The van der Waals surface area contributed by atoms with Crippen molar-refractivity contribution in [3.63, 3.8) is 0 Å². The van der Waals surface area contributed by atoms with Crippen LogP contribution in [0.3, 0.4) is 0 Å². The predicted molar refractivity (Wildman–Crippen MR) is 79.6 cm³/mol. The average molecular weight is 250 g/mol. The molecule has 1 aliphatic rings. The van der Waals surface area contributed by atoms with Crippen molar-refractivity contribution in [1.29, 1.82) is 0 Å². The Balaban J connectivity index is 2.59. The summed E-state index contributed by atoms with van der Waals surface area (Å²) in [5.74, 6) is 3.67. The molecule has 0 aromatic carbocycles. The first-order valence-electron chi connectivity index (χ1n) is 7.60. The van der Waals surface area contributed by atoms with Crippen molar-refractivity contribution < 1.29 is 0 Å². The number of hydrogen-bond acceptors (Lipinski definition) is 2. The van der Waals surface area contributed by atoms with Crippen LogP contribution in [0.15, 0.2) is 0 Å². The molecular weight excluding hydrogens is 220 g/mol. The molecule has 2 nitrogen and oxygen atoms in total. The van der Waals surface area contributed by atoms with E-state index in [4.69, 9.17) is 6.42 Å².